The van der Waals surface area contributed by atoms with Gasteiger partial charge < -0.3 is 14.2 Å². The van der Waals surface area contributed by atoms with Crippen molar-refractivity contribution in [2.24, 2.45) is 0 Å². The van der Waals surface area contributed by atoms with Crippen LogP contribution in [-0.2, 0) is 19.5 Å². The van der Waals surface area contributed by atoms with Gasteiger partial charge in [0.2, 0.25) is 10.0 Å². The van der Waals surface area contributed by atoms with E-state index in [2.05, 4.69) is 10.0 Å². The Labute approximate surface area is 147 Å². The van der Waals surface area contributed by atoms with Gasteiger partial charge in [-0.1, -0.05) is 0 Å². The van der Waals surface area contributed by atoms with Gasteiger partial charge in [0, 0.05) is 13.2 Å². The third kappa shape index (κ3) is 5.58. The summed E-state index contributed by atoms with van der Waals surface area (Å²) in [5.41, 5.74) is 0.236. The molecule has 140 valence electrons. The number of rotatable bonds is 8. The van der Waals surface area contributed by atoms with Crippen LogP contribution in [0.5, 0.6) is 5.75 Å². The fourth-order valence-electron chi connectivity index (χ4n) is 2.42. The molecule has 0 spiro atoms. The molecular formula is C16H24N2O6S. The van der Waals surface area contributed by atoms with Gasteiger partial charge in [0.1, 0.15) is 5.75 Å². The Morgan fingerprint density at radius 2 is 2.12 bits per heavy atom. The maximum Gasteiger partial charge on any atom is 0.411 e. The molecule has 1 aliphatic rings. The van der Waals surface area contributed by atoms with Gasteiger partial charge in [-0.25, -0.2) is 17.9 Å². The highest BCUT2D eigenvalue weighted by atomic mass is 32.2. The van der Waals surface area contributed by atoms with Crippen molar-refractivity contribution >= 4 is 21.8 Å². The van der Waals surface area contributed by atoms with Crippen LogP contribution in [0.4, 0.5) is 10.5 Å². The summed E-state index contributed by atoms with van der Waals surface area (Å²) < 4.78 is 43.1. The predicted octanol–water partition coefficient (Wildman–Crippen LogP) is 2.11. The second-order valence-corrected chi connectivity index (χ2v) is 7.19. The molecule has 1 aromatic rings. The van der Waals surface area contributed by atoms with Gasteiger partial charge in [0.05, 0.1) is 29.9 Å². The maximum atomic E-state index is 12.5. The molecule has 1 heterocycles. The number of sulfonamides is 1. The molecule has 0 aromatic heterocycles. The first-order valence-corrected chi connectivity index (χ1v) is 9.76. The molecule has 0 saturated carbocycles. The molecule has 9 heteroatoms. The number of benzene rings is 1. The van der Waals surface area contributed by atoms with E-state index in [9.17, 15) is 13.2 Å². The molecule has 2 N–H and O–H groups in total. The van der Waals surface area contributed by atoms with E-state index in [1.165, 1.54) is 18.2 Å². The lowest BCUT2D eigenvalue weighted by molar-refractivity contribution is 0.114. The topological polar surface area (TPSA) is 103 Å². The highest BCUT2D eigenvalue weighted by molar-refractivity contribution is 7.89. The Bertz CT molecular complexity index is 686. The number of hydrogen-bond donors (Lipinski definition) is 2. The molecule has 1 aliphatic heterocycles. The number of ether oxygens (including phenoxy) is 3. The second-order valence-electron chi connectivity index (χ2n) is 5.42. The molecule has 8 nitrogen and oxygen atoms in total. The Balaban J connectivity index is 2.16. The standard InChI is InChI=1S/C16H24N2O6S/c1-3-22-15-8-7-13(10-14(15)18-16(19)23-4-2)25(20,21)17-11-12-6-5-9-24-12/h7-8,10,12,17H,3-6,9,11H2,1-2H3,(H,18,19)/t12-/m0/s1. The molecule has 2 rings (SSSR count). The molecular weight excluding hydrogens is 348 g/mol. The van der Waals surface area contributed by atoms with E-state index < -0.39 is 16.1 Å². The third-order valence-corrected chi connectivity index (χ3v) is 5.02. The van der Waals surface area contributed by atoms with Crippen LogP contribution in [0.15, 0.2) is 23.1 Å². The number of hydrogen-bond acceptors (Lipinski definition) is 6. The Morgan fingerprint density at radius 3 is 2.76 bits per heavy atom. The number of anilines is 1. The van der Waals surface area contributed by atoms with Crippen LogP contribution < -0.4 is 14.8 Å². The second kappa shape index (κ2) is 9.02. The molecule has 0 unspecified atom stereocenters. The van der Waals surface area contributed by atoms with Crippen molar-refractivity contribution in [2.75, 3.05) is 31.7 Å². The molecule has 1 fully saturated rings. The van der Waals surface area contributed by atoms with E-state index in [1.807, 2.05) is 0 Å². The maximum absolute atomic E-state index is 12.5. The highest BCUT2D eigenvalue weighted by Crippen LogP contribution is 2.28. The summed E-state index contributed by atoms with van der Waals surface area (Å²) in [7, 11) is -3.73. The Morgan fingerprint density at radius 1 is 1.32 bits per heavy atom. The lowest BCUT2D eigenvalue weighted by Crippen LogP contribution is -2.31. The minimum Gasteiger partial charge on any atom is -0.492 e. The first kappa shape index (κ1) is 19.5. The lowest BCUT2D eigenvalue weighted by atomic mass is 10.2. The van der Waals surface area contributed by atoms with E-state index >= 15 is 0 Å². The minimum absolute atomic E-state index is 0.0285. The predicted molar refractivity (Wildman–Crippen MR) is 92.4 cm³/mol. The van der Waals surface area contributed by atoms with Crippen LogP contribution in [0.3, 0.4) is 0 Å². The van der Waals surface area contributed by atoms with E-state index in [1.54, 1.807) is 13.8 Å². The van der Waals surface area contributed by atoms with Crippen LogP contribution in [0, 0.1) is 0 Å². The van der Waals surface area contributed by atoms with Gasteiger partial charge in [-0.05, 0) is 44.9 Å². The van der Waals surface area contributed by atoms with Crippen LogP contribution in [0.2, 0.25) is 0 Å². The molecule has 1 atom stereocenters. The third-order valence-electron chi connectivity index (χ3n) is 3.60. The smallest absolute Gasteiger partial charge is 0.411 e. The Kier molecular flexibility index (Phi) is 7.03. The Hall–Kier alpha value is -1.84. The van der Waals surface area contributed by atoms with Crippen LogP contribution >= 0.6 is 0 Å². The van der Waals surface area contributed by atoms with Gasteiger partial charge in [-0.15, -0.1) is 0 Å². The van der Waals surface area contributed by atoms with Crippen molar-refractivity contribution in [1.29, 1.82) is 0 Å². The van der Waals surface area contributed by atoms with E-state index in [-0.39, 0.29) is 29.8 Å². The SMILES string of the molecule is CCOC(=O)Nc1cc(S(=O)(=O)NC[C@@H]2CCCO2)ccc1OCC. The van der Waals surface area contributed by atoms with E-state index in [0.717, 1.165) is 12.8 Å². The zero-order chi connectivity index (χ0) is 18.3. The molecule has 0 radical (unpaired) electrons. The van der Waals surface area contributed by atoms with Crippen molar-refractivity contribution in [2.45, 2.75) is 37.7 Å². The normalized spacial score (nSPS) is 17.3. The molecule has 0 aliphatic carbocycles. The fraction of sp³-hybridized carbons (Fsp3) is 0.562. The van der Waals surface area contributed by atoms with Crippen molar-refractivity contribution < 1.29 is 27.4 Å². The lowest BCUT2D eigenvalue weighted by Gasteiger charge is -2.15. The van der Waals surface area contributed by atoms with Gasteiger partial charge in [-0.3, -0.25) is 5.32 Å². The van der Waals surface area contributed by atoms with Crippen LogP contribution in [0.25, 0.3) is 0 Å². The molecule has 1 aromatic carbocycles. The zero-order valence-electron chi connectivity index (χ0n) is 14.4. The fourth-order valence-corrected chi connectivity index (χ4v) is 3.52. The van der Waals surface area contributed by atoms with Crippen molar-refractivity contribution in [3.63, 3.8) is 0 Å². The van der Waals surface area contributed by atoms with Crippen LogP contribution in [-0.4, -0.2) is 47.0 Å². The first-order chi connectivity index (χ1) is 12.0. The van der Waals surface area contributed by atoms with Gasteiger partial charge >= 0.3 is 6.09 Å². The number of amides is 1. The molecule has 1 amide bonds. The van der Waals surface area contributed by atoms with Gasteiger partial charge in [0.25, 0.3) is 0 Å². The molecule has 0 bridgehead atoms. The number of carbonyl (C=O) groups excluding carboxylic acids is 1. The molecule has 25 heavy (non-hydrogen) atoms. The molecule has 1 saturated heterocycles. The summed E-state index contributed by atoms with van der Waals surface area (Å²) >= 11 is 0. The summed E-state index contributed by atoms with van der Waals surface area (Å²) in [6.45, 7) is 4.93. The number of nitrogens with one attached hydrogen (secondary N) is 2. The van der Waals surface area contributed by atoms with Crippen molar-refractivity contribution in [1.82, 2.24) is 4.72 Å². The monoisotopic (exact) mass is 372 g/mol. The number of carbonyl (C=O) groups is 1. The van der Waals surface area contributed by atoms with Gasteiger partial charge in [0.15, 0.2) is 0 Å². The zero-order valence-corrected chi connectivity index (χ0v) is 15.2. The summed E-state index contributed by atoms with van der Waals surface area (Å²) in [5.74, 6) is 0.369. The highest BCUT2D eigenvalue weighted by Gasteiger charge is 2.21. The largest absolute Gasteiger partial charge is 0.492 e. The van der Waals surface area contributed by atoms with E-state index in [0.29, 0.717) is 19.0 Å². The quantitative estimate of drug-likeness (QED) is 0.724. The van der Waals surface area contributed by atoms with Crippen molar-refractivity contribution in [3.8, 4) is 5.75 Å². The summed E-state index contributed by atoms with van der Waals surface area (Å²) in [6, 6.07) is 4.28. The average molecular weight is 372 g/mol. The first-order valence-electron chi connectivity index (χ1n) is 8.28. The average Bonchev–Trinajstić information content (AvgIpc) is 3.08. The minimum atomic E-state index is -3.73. The van der Waals surface area contributed by atoms with Crippen molar-refractivity contribution in [3.05, 3.63) is 18.2 Å². The summed E-state index contributed by atoms with van der Waals surface area (Å²) in [6.07, 6.45) is 0.991. The summed E-state index contributed by atoms with van der Waals surface area (Å²) in [5, 5.41) is 2.50. The summed E-state index contributed by atoms with van der Waals surface area (Å²) in [4.78, 5) is 11.7. The van der Waals surface area contributed by atoms with Gasteiger partial charge in [-0.2, -0.15) is 0 Å². The van der Waals surface area contributed by atoms with Crippen LogP contribution in [0.1, 0.15) is 26.7 Å². The van der Waals surface area contributed by atoms with E-state index in [4.69, 9.17) is 14.2 Å².